The van der Waals surface area contributed by atoms with E-state index in [4.69, 9.17) is 23.2 Å². The smallest absolute Gasteiger partial charge is 0.343 e. The summed E-state index contributed by atoms with van der Waals surface area (Å²) in [5.41, 5.74) is 0.543. The number of carbonyl (C=O) groups excluding carboxylic acids is 1. The van der Waals surface area contributed by atoms with Crippen molar-refractivity contribution in [3.63, 3.8) is 0 Å². The normalized spacial score (nSPS) is 12.2. The van der Waals surface area contributed by atoms with Crippen LogP contribution in [0.2, 0.25) is 10.0 Å². The largest absolute Gasteiger partial charge is 0.349 e. The van der Waals surface area contributed by atoms with E-state index < -0.39 is 0 Å². The Morgan fingerprint density at radius 1 is 1.44 bits per heavy atom. The molecule has 2 N–H and O–H groups in total. The quantitative estimate of drug-likeness (QED) is 0.660. The van der Waals surface area contributed by atoms with E-state index in [0.717, 1.165) is 18.4 Å². The molecule has 0 aliphatic carbocycles. The number of hydrogen-bond donors (Lipinski definition) is 2. The number of thioether (sulfide) groups is 1. The molecule has 1 aromatic heterocycles. The first kappa shape index (κ1) is 19.9. The molecule has 0 radical (unpaired) electrons. The lowest BCUT2D eigenvalue weighted by Gasteiger charge is -2.15. The highest BCUT2D eigenvalue weighted by atomic mass is 35.5. The maximum atomic E-state index is 12.2. The van der Waals surface area contributed by atoms with Crippen LogP contribution >= 0.6 is 35.0 Å². The number of nitrogens with one attached hydrogen (secondary N) is 2. The van der Waals surface area contributed by atoms with E-state index in [2.05, 4.69) is 22.4 Å². The summed E-state index contributed by atoms with van der Waals surface area (Å²) in [5.74, 6) is -0.00704. The van der Waals surface area contributed by atoms with Crippen LogP contribution in [0.25, 0.3) is 0 Å². The minimum atomic E-state index is -0.252. The van der Waals surface area contributed by atoms with Gasteiger partial charge >= 0.3 is 5.69 Å². The maximum Gasteiger partial charge on any atom is 0.343 e. The molecule has 2 aromatic rings. The molecule has 136 valence electrons. The van der Waals surface area contributed by atoms with Gasteiger partial charge in [-0.25, -0.2) is 9.89 Å². The first-order valence-corrected chi connectivity index (χ1v) is 9.68. The number of nitrogens with zero attached hydrogens (tertiary/aromatic N) is 2. The van der Waals surface area contributed by atoms with Crippen molar-refractivity contribution < 1.29 is 4.79 Å². The number of hydrogen-bond acceptors (Lipinski definition) is 4. The van der Waals surface area contributed by atoms with Crippen molar-refractivity contribution in [3.8, 4) is 0 Å². The number of halogens is 2. The standard InChI is InChI=1S/C16H20Cl2N4O2S/c1-3-4-7-22-15(24)20-21-16(22)25-9-14(23)19-10(2)12-6-5-11(17)8-13(12)18/h5-6,8,10H,3-4,7,9H2,1-2H3,(H,19,23)(H,20,24). The van der Waals surface area contributed by atoms with Gasteiger partial charge in [0.25, 0.3) is 0 Å². The van der Waals surface area contributed by atoms with Gasteiger partial charge in [-0.1, -0.05) is 54.4 Å². The van der Waals surface area contributed by atoms with Gasteiger partial charge in [-0.3, -0.25) is 9.36 Å². The molecule has 1 heterocycles. The van der Waals surface area contributed by atoms with Gasteiger partial charge < -0.3 is 5.32 Å². The van der Waals surface area contributed by atoms with E-state index >= 15 is 0 Å². The zero-order valence-electron chi connectivity index (χ0n) is 14.0. The first-order valence-electron chi connectivity index (χ1n) is 7.94. The van der Waals surface area contributed by atoms with Crippen molar-refractivity contribution in [3.05, 3.63) is 44.3 Å². The molecule has 2 rings (SSSR count). The van der Waals surface area contributed by atoms with Crippen molar-refractivity contribution in [2.75, 3.05) is 5.75 Å². The predicted molar refractivity (Wildman–Crippen MR) is 101 cm³/mol. The molecule has 0 bridgehead atoms. The third-order valence-electron chi connectivity index (χ3n) is 3.60. The minimum Gasteiger partial charge on any atom is -0.349 e. The molecule has 0 saturated heterocycles. The van der Waals surface area contributed by atoms with E-state index in [1.807, 2.05) is 6.92 Å². The lowest BCUT2D eigenvalue weighted by atomic mass is 10.1. The molecule has 0 saturated carbocycles. The van der Waals surface area contributed by atoms with Gasteiger partial charge in [-0.15, -0.1) is 5.10 Å². The molecular formula is C16H20Cl2N4O2S. The maximum absolute atomic E-state index is 12.2. The molecule has 9 heteroatoms. The van der Waals surface area contributed by atoms with Crippen LogP contribution in [0.3, 0.4) is 0 Å². The van der Waals surface area contributed by atoms with Crippen LogP contribution in [0.15, 0.2) is 28.2 Å². The molecule has 1 aromatic carbocycles. The van der Waals surface area contributed by atoms with Gasteiger partial charge in [0.2, 0.25) is 5.91 Å². The summed E-state index contributed by atoms with van der Waals surface area (Å²) in [6.07, 6.45) is 1.85. The summed E-state index contributed by atoms with van der Waals surface area (Å²) >= 11 is 13.3. The predicted octanol–water partition coefficient (Wildman–Crippen LogP) is 3.65. The molecule has 0 aliphatic heterocycles. The second-order valence-corrected chi connectivity index (χ2v) is 7.35. The zero-order chi connectivity index (χ0) is 18.4. The fourth-order valence-electron chi connectivity index (χ4n) is 2.27. The summed E-state index contributed by atoms with van der Waals surface area (Å²) in [4.78, 5) is 23.9. The number of unbranched alkanes of at least 4 members (excludes halogenated alkanes) is 1. The molecular weight excluding hydrogens is 383 g/mol. The molecule has 0 fully saturated rings. The van der Waals surface area contributed by atoms with Gasteiger partial charge in [0.05, 0.1) is 11.8 Å². The lowest BCUT2D eigenvalue weighted by Crippen LogP contribution is -2.28. The molecule has 6 nitrogen and oxygen atoms in total. The van der Waals surface area contributed by atoms with Crippen molar-refractivity contribution in [1.29, 1.82) is 0 Å². The molecule has 0 spiro atoms. The minimum absolute atomic E-state index is 0.159. The highest BCUT2D eigenvalue weighted by Crippen LogP contribution is 2.26. The third kappa shape index (κ3) is 5.52. The summed E-state index contributed by atoms with van der Waals surface area (Å²) in [7, 11) is 0. The zero-order valence-corrected chi connectivity index (χ0v) is 16.3. The molecule has 1 atom stereocenters. The Morgan fingerprint density at radius 2 is 2.20 bits per heavy atom. The van der Waals surface area contributed by atoms with Crippen molar-refractivity contribution in [1.82, 2.24) is 20.1 Å². The fourth-order valence-corrected chi connectivity index (χ4v) is 3.63. The van der Waals surface area contributed by atoms with Crippen LogP contribution < -0.4 is 11.0 Å². The van der Waals surface area contributed by atoms with Gasteiger partial charge in [0.1, 0.15) is 0 Å². The Hall–Kier alpha value is -1.44. The first-order chi connectivity index (χ1) is 11.9. The Morgan fingerprint density at radius 3 is 2.88 bits per heavy atom. The number of H-pyrrole nitrogens is 1. The second-order valence-electron chi connectivity index (χ2n) is 5.56. The Labute approximate surface area is 160 Å². The van der Waals surface area contributed by atoms with E-state index in [1.165, 1.54) is 11.8 Å². The van der Waals surface area contributed by atoms with Gasteiger partial charge in [-0.2, -0.15) is 0 Å². The Kier molecular flexibility index (Phi) is 7.40. The highest BCUT2D eigenvalue weighted by Gasteiger charge is 2.15. The van der Waals surface area contributed by atoms with Gasteiger partial charge in [-0.05, 0) is 31.0 Å². The van der Waals surface area contributed by atoms with Gasteiger partial charge in [0.15, 0.2) is 5.16 Å². The third-order valence-corrected chi connectivity index (χ3v) is 5.14. The molecule has 1 amide bonds. The number of amides is 1. The number of benzene rings is 1. The molecule has 0 aliphatic rings. The van der Waals surface area contributed by atoms with E-state index in [9.17, 15) is 9.59 Å². The van der Waals surface area contributed by atoms with Crippen LogP contribution in [0.5, 0.6) is 0 Å². The second kappa shape index (κ2) is 9.31. The van der Waals surface area contributed by atoms with Crippen molar-refractivity contribution >= 4 is 40.9 Å². The fraction of sp³-hybridized carbons (Fsp3) is 0.438. The van der Waals surface area contributed by atoms with Crippen molar-refractivity contribution in [2.45, 2.75) is 44.4 Å². The lowest BCUT2D eigenvalue weighted by molar-refractivity contribution is -0.119. The van der Waals surface area contributed by atoms with Crippen LogP contribution in [-0.2, 0) is 11.3 Å². The van der Waals surface area contributed by atoms with Gasteiger partial charge in [0, 0.05) is 16.6 Å². The number of carbonyl (C=O) groups is 1. The van der Waals surface area contributed by atoms with Crippen LogP contribution in [-0.4, -0.2) is 26.4 Å². The molecule has 25 heavy (non-hydrogen) atoms. The Balaban J connectivity index is 1.93. The SMILES string of the molecule is CCCCn1c(SCC(=O)NC(C)c2ccc(Cl)cc2Cl)n[nH]c1=O. The van der Waals surface area contributed by atoms with Crippen LogP contribution in [0.1, 0.15) is 38.3 Å². The average Bonchev–Trinajstić information content (AvgIpc) is 2.90. The summed E-state index contributed by atoms with van der Waals surface area (Å²) < 4.78 is 1.56. The summed E-state index contributed by atoms with van der Waals surface area (Å²) in [5, 5.41) is 10.9. The summed E-state index contributed by atoms with van der Waals surface area (Å²) in [6, 6.07) is 4.92. The number of aromatic nitrogens is 3. The van der Waals surface area contributed by atoms with E-state index in [1.54, 1.807) is 22.8 Å². The summed E-state index contributed by atoms with van der Waals surface area (Å²) in [6.45, 7) is 4.49. The monoisotopic (exact) mass is 402 g/mol. The Bertz CT molecular complexity index is 791. The van der Waals surface area contributed by atoms with Crippen molar-refractivity contribution in [2.24, 2.45) is 0 Å². The topological polar surface area (TPSA) is 79.8 Å². The van der Waals surface area contributed by atoms with Crippen LogP contribution in [0.4, 0.5) is 0 Å². The number of aromatic amines is 1. The molecule has 1 unspecified atom stereocenters. The highest BCUT2D eigenvalue weighted by molar-refractivity contribution is 7.99. The number of rotatable bonds is 8. The van der Waals surface area contributed by atoms with Crippen LogP contribution in [0, 0.1) is 0 Å². The average molecular weight is 403 g/mol. The van der Waals surface area contributed by atoms with E-state index in [-0.39, 0.29) is 23.4 Å². The van der Waals surface area contributed by atoms with E-state index in [0.29, 0.717) is 21.7 Å².